The second-order valence-electron chi connectivity index (χ2n) is 6.11. The maximum Gasteiger partial charge on any atom is 0.225 e. The van der Waals surface area contributed by atoms with E-state index in [0.29, 0.717) is 18.1 Å². The van der Waals surface area contributed by atoms with Crippen LogP contribution < -0.4 is 5.32 Å². The maximum atomic E-state index is 12.1. The molecule has 1 fully saturated rings. The highest BCUT2D eigenvalue weighted by Crippen LogP contribution is 2.40. The van der Waals surface area contributed by atoms with E-state index in [4.69, 9.17) is 16.0 Å². The van der Waals surface area contributed by atoms with Crippen LogP contribution in [-0.4, -0.2) is 16.6 Å². The molecule has 0 saturated heterocycles. The third-order valence-corrected chi connectivity index (χ3v) is 5.29. The predicted molar refractivity (Wildman–Crippen MR) is 101 cm³/mol. The summed E-state index contributed by atoms with van der Waals surface area (Å²) in [4.78, 5) is 17.8. The van der Waals surface area contributed by atoms with Crippen LogP contribution in [0.3, 0.4) is 0 Å². The summed E-state index contributed by atoms with van der Waals surface area (Å²) < 4.78 is 5.74. The average Bonchev–Trinajstić information content (AvgIpc) is 3.36. The van der Waals surface area contributed by atoms with Crippen molar-refractivity contribution in [1.29, 1.82) is 0 Å². The molecule has 1 aliphatic rings. The summed E-state index contributed by atoms with van der Waals surface area (Å²) >= 11 is 7.50. The van der Waals surface area contributed by atoms with E-state index in [0.717, 1.165) is 45.4 Å². The van der Waals surface area contributed by atoms with E-state index in [2.05, 4.69) is 10.3 Å². The average molecular weight is 373 g/mol. The molecule has 1 heterocycles. The Morgan fingerprint density at radius 3 is 2.80 bits per heavy atom. The second kappa shape index (κ2) is 7.10. The van der Waals surface area contributed by atoms with Crippen molar-refractivity contribution in [3.63, 3.8) is 0 Å². The molecule has 25 heavy (non-hydrogen) atoms. The topological polar surface area (TPSA) is 55.1 Å². The minimum Gasteiger partial charge on any atom is -0.440 e. The van der Waals surface area contributed by atoms with Gasteiger partial charge in [0.2, 0.25) is 5.91 Å². The summed E-state index contributed by atoms with van der Waals surface area (Å²) in [5.74, 6) is 2.01. The highest BCUT2D eigenvalue weighted by atomic mass is 35.5. The highest BCUT2D eigenvalue weighted by Gasteiger charge is 2.28. The van der Waals surface area contributed by atoms with E-state index in [1.165, 1.54) is 0 Å². The molecule has 2 aromatic carbocycles. The van der Waals surface area contributed by atoms with E-state index < -0.39 is 0 Å². The van der Waals surface area contributed by atoms with Crippen LogP contribution in [0.5, 0.6) is 0 Å². The summed E-state index contributed by atoms with van der Waals surface area (Å²) in [5, 5.41) is 3.65. The van der Waals surface area contributed by atoms with Crippen molar-refractivity contribution < 1.29 is 9.21 Å². The van der Waals surface area contributed by atoms with Crippen molar-refractivity contribution in [2.45, 2.75) is 30.1 Å². The van der Waals surface area contributed by atoms with Gasteiger partial charge in [-0.15, -0.1) is 11.8 Å². The quantitative estimate of drug-likeness (QED) is 0.582. The molecule has 1 saturated carbocycles. The summed E-state index contributed by atoms with van der Waals surface area (Å²) in [6.45, 7) is 0. The zero-order valence-corrected chi connectivity index (χ0v) is 15.1. The van der Waals surface area contributed by atoms with Crippen LogP contribution in [0.25, 0.3) is 11.1 Å². The SMILES string of the molecule is O=C(CCSc1ccc(Cl)cc1)Nc1ccc2oc(C3CC3)nc2c1. The van der Waals surface area contributed by atoms with Crippen molar-refractivity contribution in [3.05, 3.63) is 53.4 Å². The molecule has 0 radical (unpaired) electrons. The van der Waals surface area contributed by atoms with Gasteiger partial charge in [0.25, 0.3) is 0 Å². The number of amides is 1. The lowest BCUT2D eigenvalue weighted by Gasteiger charge is -2.05. The van der Waals surface area contributed by atoms with Crippen molar-refractivity contribution >= 4 is 46.1 Å². The van der Waals surface area contributed by atoms with Gasteiger partial charge in [-0.3, -0.25) is 4.79 Å². The number of hydrogen-bond acceptors (Lipinski definition) is 4. The van der Waals surface area contributed by atoms with Gasteiger partial charge in [-0.25, -0.2) is 4.98 Å². The third-order valence-electron chi connectivity index (χ3n) is 4.03. The van der Waals surface area contributed by atoms with E-state index >= 15 is 0 Å². The molecule has 1 aliphatic carbocycles. The van der Waals surface area contributed by atoms with Gasteiger partial charge in [-0.2, -0.15) is 0 Å². The summed E-state index contributed by atoms with van der Waals surface area (Å²) in [7, 11) is 0. The molecule has 0 atom stereocenters. The lowest BCUT2D eigenvalue weighted by molar-refractivity contribution is -0.115. The molecular weight excluding hydrogens is 356 g/mol. The highest BCUT2D eigenvalue weighted by molar-refractivity contribution is 7.99. The number of fused-ring (bicyclic) bond motifs is 1. The fraction of sp³-hybridized carbons (Fsp3) is 0.263. The first-order valence-electron chi connectivity index (χ1n) is 8.26. The fourth-order valence-electron chi connectivity index (χ4n) is 2.54. The van der Waals surface area contributed by atoms with Crippen molar-refractivity contribution in [2.75, 3.05) is 11.1 Å². The lowest BCUT2D eigenvalue weighted by atomic mass is 10.3. The first kappa shape index (κ1) is 16.5. The predicted octanol–water partition coefficient (Wildman–Crippen LogP) is 5.48. The number of anilines is 1. The van der Waals surface area contributed by atoms with Gasteiger partial charge in [-0.1, -0.05) is 11.6 Å². The van der Waals surface area contributed by atoms with Gasteiger partial charge in [0, 0.05) is 33.7 Å². The normalized spacial score (nSPS) is 14.0. The number of oxazole rings is 1. The first-order valence-corrected chi connectivity index (χ1v) is 9.62. The maximum absolute atomic E-state index is 12.1. The molecular formula is C19H17ClN2O2S. The molecule has 0 spiro atoms. The third kappa shape index (κ3) is 4.17. The minimum atomic E-state index is -0.00766. The van der Waals surface area contributed by atoms with Crippen LogP contribution in [0, 0.1) is 0 Å². The molecule has 1 aromatic heterocycles. The molecule has 128 valence electrons. The second-order valence-corrected chi connectivity index (χ2v) is 7.71. The number of hydrogen-bond donors (Lipinski definition) is 1. The number of thioether (sulfide) groups is 1. The number of rotatable bonds is 6. The standard InChI is InChI=1S/C19H17ClN2O2S/c20-13-3-6-15(7-4-13)25-10-9-18(23)21-14-5-8-17-16(11-14)22-19(24-17)12-1-2-12/h3-8,11-12H,1-2,9-10H2,(H,21,23). The summed E-state index contributed by atoms with van der Waals surface area (Å²) in [6, 6.07) is 13.2. The zero-order valence-electron chi connectivity index (χ0n) is 13.5. The molecule has 6 heteroatoms. The van der Waals surface area contributed by atoms with E-state index in [1.807, 2.05) is 42.5 Å². The van der Waals surface area contributed by atoms with E-state index in [1.54, 1.807) is 11.8 Å². The first-order chi connectivity index (χ1) is 12.2. The minimum absolute atomic E-state index is 0.00766. The van der Waals surface area contributed by atoms with Crippen molar-refractivity contribution in [3.8, 4) is 0 Å². The van der Waals surface area contributed by atoms with Crippen molar-refractivity contribution in [2.24, 2.45) is 0 Å². The number of benzene rings is 2. The molecule has 1 amide bonds. The Balaban J connectivity index is 1.32. The summed E-state index contributed by atoms with van der Waals surface area (Å²) in [5.41, 5.74) is 2.33. The molecule has 1 N–H and O–H groups in total. The van der Waals surface area contributed by atoms with Gasteiger partial charge in [-0.05, 0) is 55.3 Å². The molecule has 4 rings (SSSR count). The number of carbonyl (C=O) groups excluding carboxylic acids is 1. The van der Waals surface area contributed by atoms with Crippen LogP contribution >= 0.6 is 23.4 Å². The van der Waals surface area contributed by atoms with Crippen LogP contribution in [0.2, 0.25) is 5.02 Å². The molecule has 0 unspecified atom stereocenters. The van der Waals surface area contributed by atoms with Gasteiger partial charge < -0.3 is 9.73 Å². The lowest BCUT2D eigenvalue weighted by Crippen LogP contribution is -2.12. The number of halogens is 1. The molecule has 0 aliphatic heterocycles. The van der Waals surface area contributed by atoms with E-state index in [9.17, 15) is 4.79 Å². The van der Waals surface area contributed by atoms with Crippen LogP contribution in [-0.2, 0) is 4.79 Å². The Hall–Kier alpha value is -1.98. The molecule has 4 nitrogen and oxygen atoms in total. The van der Waals surface area contributed by atoms with E-state index in [-0.39, 0.29) is 5.91 Å². The van der Waals surface area contributed by atoms with Gasteiger partial charge >= 0.3 is 0 Å². The largest absolute Gasteiger partial charge is 0.440 e. The zero-order chi connectivity index (χ0) is 17.2. The Morgan fingerprint density at radius 2 is 2.04 bits per heavy atom. The van der Waals surface area contributed by atoms with Crippen LogP contribution in [0.4, 0.5) is 5.69 Å². The number of aromatic nitrogens is 1. The van der Waals surface area contributed by atoms with Crippen LogP contribution in [0.15, 0.2) is 51.8 Å². The van der Waals surface area contributed by atoms with Gasteiger partial charge in [0.1, 0.15) is 5.52 Å². The smallest absolute Gasteiger partial charge is 0.225 e. The van der Waals surface area contributed by atoms with Crippen molar-refractivity contribution in [1.82, 2.24) is 4.98 Å². The van der Waals surface area contributed by atoms with Gasteiger partial charge in [0.05, 0.1) is 0 Å². The Kier molecular flexibility index (Phi) is 4.68. The summed E-state index contributed by atoms with van der Waals surface area (Å²) in [6.07, 6.45) is 2.75. The monoisotopic (exact) mass is 372 g/mol. The number of nitrogens with one attached hydrogen (secondary N) is 1. The fourth-order valence-corrected chi connectivity index (χ4v) is 3.52. The Morgan fingerprint density at radius 1 is 1.24 bits per heavy atom. The molecule has 0 bridgehead atoms. The number of nitrogens with zero attached hydrogens (tertiary/aromatic N) is 1. The Bertz CT molecular complexity index is 903. The van der Waals surface area contributed by atoms with Gasteiger partial charge in [0.15, 0.2) is 11.5 Å². The Labute approximate surface area is 155 Å². The molecule has 3 aromatic rings. The van der Waals surface area contributed by atoms with Crippen LogP contribution in [0.1, 0.15) is 31.1 Å². The number of carbonyl (C=O) groups is 1.